The van der Waals surface area contributed by atoms with Crippen LogP contribution in [-0.4, -0.2) is 52.8 Å². The highest BCUT2D eigenvalue weighted by atomic mass is 32.1. The summed E-state index contributed by atoms with van der Waals surface area (Å²) in [6.45, 7) is 6.03. The van der Waals surface area contributed by atoms with Gasteiger partial charge in [-0.1, -0.05) is 36.4 Å². The average Bonchev–Trinajstić information content (AvgIpc) is 3.41. The lowest BCUT2D eigenvalue weighted by Crippen LogP contribution is -2.47. The second-order valence-corrected chi connectivity index (χ2v) is 8.51. The summed E-state index contributed by atoms with van der Waals surface area (Å²) in [7, 11) is 0. The van der Waals surface area contributed by atoms with Gasteiger partial charge in [0.1, 0.15) is 0 Å². The van der Waals surface area contributed by atoms with Gasteiger partial charge in [-0.15, -0.1) is 11.3 Å². The second-order valence-electron chi connectivity index (χ2n) is 7.57. The Morgan fingerprint density at radius 2 is 2.00 bits per heavy atom. The van der Waals surface area contributed by atoms with E-state index in [4.69, 9.17) is 9.84 Å². The van der Waals surface area contributed by atoms with Gasteiger partial charge in [-0.05, 0) is 30.9 Å². The molecule has 4 rings (SSSR count). The topological polar surface area (TPSA) is 76.5 Å². The standard InChI is InChI=1S/C23H26N4O3S/c1-16-22(17(2)27(25-16)14-18-7-4-3-5-8-18)19-15-30-11-10-26(19)21(28)13-24-23(29)20-9-6-12-31-20/h3-9,12,19H,10-11,13-15H2,1-2H3,(H,24,29). The molecule has 0 aliphatic carbocycles. The first kappa shape index (κ1) is 21.3. The average molecular weight is 439 g/mol. The number of ether oxygens (including phenoxy) is 1. The molecule has 1 aliphatic heterocycles. The summed E-state index contributed by atoms with van der Waals surface area (Å²) in [6, 6.07) is 13.5. The lowest BCUT2D eigenvalue weighted by Gasteiger charge is -2.36. The van der Waals surface area contributed by atoms with Crippen LogP contribution in [0.4, 0.5) is 0 Å². The number of nitrogens with zero attached hydrogens (tertiary/aromatic N) is 3. The molecule has 1 N–H and O–H groups in total. The SMILES string of the molecule is Cc1nn(Cc2ccccc2)c(C)c1C1COCCN1C(=O)CNC(=O)c1cccs1. The first-order valence-corrected chi connectivity index (χ1v) is 11.2. The summed E-state index contributed by atoms with van der Waals surface area (Å²) in [5.41, 5.74) is 4.11. The van der Waals surface area contributed by atoms with Crippen molar-refractivity contribution in [3.8, 4) is 0 Å². The maximum absolute atomic E-state index is 13.0. The van der Waals surface area contributed by atoms with E-state index in [0.717, 1.165) is 17.0 Å². The van der Waals surface area contributed by atoms with Gasteiger partial charge in [-0.2, -0.15) is 5.10 Å². The van der Waals surface area contributed by atoms with Crippen LogP contribution in [0.25, 0.3) is 0 Å². The van der Waals surface area contributed by atoms with Crippen molar-refractivity contribution < 1.29 is 14.3 Å². The maximum Gasteiger partial charge on any atom is 0.261 e. The van der Waals surface area contributed by atoms with Gasteiger partial charge in [-0.25, -0.2) is 0 Å². The third kappa shape index (κ3) is 4.70. The molecule has 1 aromatic carbocycles. The van der Waals surface area contributed by atoms with Crippen molar-refractivity contribution in [1.82, 2.24) is 20.0 Å². The number of carbonyl (C=O) groups is 2. The molecule has 0 spiro atoms. The summed E-state index contributed by atoms with van der Waals surface area (Å²) >= 11 is 1.36. The largest absolute Gasteiger partial charge is 0.377 e. The molecule has 0 saturated carbocycles. The van der Waals surface area contributed by atoms with Gasteiger partial charge in [0, 0.05) is 17.8 Å². The predicted octanol–water partition coefficient (Wildman–Crippen LogP) is 2.94. The number of morpholine rings is 1. The van der Waals surface area contributed by atoms with Crippen LogP contribution < -0.4 is 5.32 Å². The van der Waals surface area contributed by atoms with Crippen LogP contribution in [0.15, 0.2) is 47.8 Å². The van der Waals surface area contributed by atoms with Crippen LogP contribution in [0.2, 0.25) is 0 Å². The number of rotatable bonds is 6. The van der Waals surface area contributed by atoms with E-state index < -0.39 is 0 Å². The van der Waals surface area contributed by atoms with E-state index in [-0.39, 0.29) is 24.4 Å². The Bertz CT molecular complexity index is 1050. The molecule has 3 heterocycles. The van der Waals surface area contributed by atoms with Crippen molar-refractivity contribution in [2.45, 2.75) is 26.4 Å². The normalized spacial score (nSPS) is 16.3. The number of thiophene rings is 1. The van der Waals surface area contributed by atoms with Gasteiger partial charge in [0.2, 0.25) is 5.91 Å². The van der Waals surface area contributed by atoms with E-state index in [9.17, 15) is 9.59 Å². The minimum absolute atomic E-state index is 0.0382. The molecule has 1 atom stereocenters. The van der Waals surface area contributed by atoms with E-state index in [1.54, 1.807) is 6.07 Å². The molecule has 1 aliphatic rings. The molecule has 0 radical (unpaired) electrons. The van der Waals surface area contributed by atoms with E-state index >= 15 is 0 Å². The minimum Gasteiger partial charge on any atom is -0.377 e. The van der Waals surface area contributed by atoms with Crippen LogP contribution in [0.3, 0.4) is 0 Å². The molecule has 3 aromatic rings. The zero-order chi connectivity index (χ0) is 21.8. The zero-order valence-corrected chi connectivity index (χ0v) is 18.5. The second kappa shape index (κ2) is 9.45. The molecular weight excluding hydrogens is 412 g/mol. The fourth-order valence-electron chi connectivity index (χ4n) is 4.00. The summed E-state index contributed by atoms with van der Waals surface area (Å²) < 4.78 is 7.70. The Kier molecular flexibility index (Phi) is 6.48. The first-order valence-electron chi connectivity index (χ1n) is 10.3. The molecule has 0 bridgehead atoms. The monoisotopic (exact) mass is 438 g/mol. The Hall–Kier alpha value is -2.97. The molecule has 1 fully saturated rings. The molecule has 1 saturated heterocycles. The van der Waals surface area contributed by atoms with Crippen LogP contribution in [0, 0.1) is 13.8 Å². The van der Waals surface area contributed by atoms with Crippen LogP contribution in [0.5, 0.6) is 0 Å². The van der Waals surface area contributed by atoms with Gasteiger partial charge in [-0.3, -0.25) is 14.3 Å². The molecule has 162 valence electrons. The summed E-state index contributed by atoms with van der Waals surface area (Å²) in [6.07, 6.45) is 0. The highest BCUT2D eigenvalue weighted by Gasteiger charge is 2.32. The van der Waals surface area contributed by atoms with Crippen LogP contribution in [-0.2, 0) is 16.1 Å². The van der Waals surface area contributed by atoms with Crippen LogP contribution in [0.1, 0.15) is 38.2 Å². The quantitative estimate of drug-likeness (QED) is 0.642. The Labute approximate surface area is 185 Å². The van der Waals surface area contributed by atoms with Gasteiger partial charge >= 0.3 is 0 Å². The number of nitrogens with one attached hydrogen (secondary N) is 1. The van der Waals surface area contributed by atoms with E-state index in [1.165, 1.54) is 16.9 Å². The molecule has 31 heavy (non-hydrogen) atoms. The summed E-state index contributed by atoms with van der Waals surface area (Å²) in [5.74, 6) is -0.344. The van der Waals surface area contributed by atoms with Gasteiger partial charge < -0.3 is 15.0 Å². The van der Waals surface area contributed by atoms with Crippen molar-refractivity contribution >= 4 is 23.2 Å². The van der Waals surface area contributed by atoms with Crippen molar-refractivity contribution in [3.05, 3.63) is 75.2 Å². The number of carbonyl (C=O) groups excluding carboxylic acids is 2. The summed E-state index contributed by atoms with van der Waals surface area (Å²) in [4.78, 5) is 27.6. The van der Waals surface area contributed by atoms with Gasteiger partial charge in [0.05, 0.1) is 42.9 Å². The lowest BCUT2D eigenvalue weighted by molar-refractivity contribution is -0.139. The highest BCUT2D eigenvalue weighted by Crippen LogP contribution is 2.30. The van der Waals surface area contributed by atoms with Crippen LogP contribution >= 0.6 is 11.3 Å². The smallest absolute Gasteiger partial charge is 0.261 e. The molecule has 8 heteroatoms. The first-order chi connectivity index (χ1) is 15.0. The molecule has 2 amide bonds. The number of hydrogen-bond donors (Lipinski definition) is 1. The third-order valence-corrected chi connectivity index (χ3v) is 6.41. The third-order valence-electron chi connectivity index (χ3n) is 5.54. The number of aryl methyl sites for hydroxylation is 1. The molecular formula is C23H26N4O3S. The van der Waals surface area contributed by atoms with E-state index in [0.29, 0.717) is 31.2 Å². The lowest BCUT2D eigenvalue weighted by atomic mass is 10.0. The van der Waals surface area contributed by atoms with Crippen molar-refractivity contribution in [3.63, 3.8) is 0 Å². The Balaban J connectivity index is 1.50. The number of benzene rings is 1. The summed E-state index contributed by atoms with van der Waals surface area (Å²) in [5, 5.41) is 9.32. The number of aromatic nitrogens is 2. The van der Waals surface area contributed by atoms with E-state index in [2.05, 4.69) is 17.4 Å². The van der Waals surface area contributed by atoms with Crippen molar-refractivity contribution in [2.24, 2.45) is 0 Å². The fourth-order valence-corrected chi connectivity index (χ4v) is 4.64. The predicted molar refractivity (Wildman–Crippen MR) is 119 cm³/mol. The molecule has 2 aromatic heterocycles. The Morgan fingerprint density at radius 3 is 2.74 bits per heavy atom. The molecule has 1 unspecified atom stereocenters. The van der Waals surface area contributed by atoms with Crippen molar-refractivity contribution in [1.29, 1.82) is 0 Å². The van der Waals surface area contributed by atoms with Gasteiger partial charge in [0.25, 0.3) is 5.91 Å². The van der Waals surface area contributed by atoms with Crippen molar-refractivity contribution in [2.75, 3.05) is 26.3 Å². The van der Waals surface area contributed by atoms with Gasteiger partial charge in [0.15, 0.2) is 0 Å². The molecule has 7 nitrogen and oxygen atoms in total. The maximum atomic E-state index is 13.0. The fraction of sp³-hybridized carbons (Fsp3) is 0.348. The number of hydrogen-bond acceptors (Lipinski definition) is 5. The minimum atomic E-state index is -0.226. The van der Waals surface area contributed by atoms with E-state index in [1.807, 2.05) is 53.1 Å². The highest BCUT2D eigenvalue weighted by molar-refractivity contribution is 7.12. The zero-order valence-electron chi connectivity index (χ0n) is 17.7. The Morgan fingerprint density at radius 1 is 1.19 bits per heavy atom. The number of amides is 2.